The summed E-state index contributed by atoms with van der Waals surface area (Å²) in [5.74, 6) is 0. The van der Waals surface area contributed by atoms with Gasteiger partial charge in [0.1, 0.15) is 0 Å². The van der Waals surface area contributed by atoms with Gasteiger partial charge in [0.25, 0.3) is 0 Å². The zero-order valence-electron chi connectivity index (χ0n) is 16.6. The largest absolute Gasteiger partial charge is 0.373 e. The highest BCUT2D eigenvalue weighted by Crippen LogP contribution is 2.24. The van der Waals surface area contributed by atoms with Crippen molar-refractivity contribution in [1.29, 1.82) is 0 Å². The Labute approximate surface area is 174 Å². The second-order valence-corrected chi connectivity index (χ2v) is 7.47. The van der Waals surface area contributed by atoms with Crippen LogP contribution >= 0.6 is 12.4 Å². The first-order chi connectivity index (χ1) is 13.2. The van der Waals surface area contributed by atoms with E-state index in [1.54, 1.807) is 0 Å². The van der Waals surface area contributed by atoms with Crippen molar-refractivity contribution in [2.45, 2.75) is 26.0 Å². The summed E-state index contributed by atoms with van der Waals surface area (Å²) in [7, 11) is 0. The third kappa shape index (κ3) is 4.67. The lowest BCUT2D eigenvalue weighted by Crippen LogP contribution is -2.47. The van der Waals surface area contributed by atoms with Gasteiger partial charge >= 0.3 is 0 Å². The van der Waals surface area contributed by atoms with Crippen LogP contribution in [0, 0.1) is 6.92 Å². The molecule has 1 aliphatic heterocycles. The quantitative estimate of drug-likeness (QED) is 0.647. The van der Waals surface area contributed by atoms with E-state index >= 15 is 0 Å². The summed E-state index contributed by atoms with van der Waals surface area (Å²) >= 11 is 0. The van der Waals surface area contributed by atoms with Gasteiger partial charge in [0.15, 0.2) is 0 Å². The Morgan fingerprint density at radius 1 is 1.04 bits per heavy atom. The molecule has 1 saturated heterocycles. The van der Waals surface area contributed by atoms with E-state index in [2.05, 4.69) is 90.8 Å². The van der Waals surface area contributed by atoms with Crippen molar-refractivity contribution in [3.63, 3.8) is 0 Å². The van der Waals surface area contributed by atoms with Crippen molar-refractivity contribution < 1.29 is 4.74 Å². The summed E-state index contributed by atoms with van der Waals surface area (Å²) in [5.41, 5.74) is 3.93. The lowest BCUT2D eigenvalue weighted by molar-refractivity contribution is 0.0395. The molecule has 1 fully saturated rings. The van der Waals surface area contributed by atoms with Gasteiger partial charge in [-0.05, 0) is 42.3 Å². The van der Waals surface area contributed by atoms with Gasteiger partial charge in [-0.15, -0.1) is 12.4 Å². The molecule has 2 atom stereocenters. The van der Waals surface area contributed by atoms with Crippen molar-refractivity contribution in [2.75, 3.05) is 31.1 Å². The Hall–Kier alpha value is -2.07. The Morgan fingerprint density at radius 3 is 2.61 bits per heavy atom. The van der Waals surface area contributed by atoms with Gasteiger partial charge in [-0.1, -0.05) is 60.2 Å². The number of nitrogens with one attached hydrogen (secondary N) is 1. The first-order valence-electron chi connectivity index (χ1n) is 9.85. The number of fused-ring (bicyclic) bond motifs is 1. The van der Waals surface area contributed by atoms with Crippen LogP contribution in [0.15, 0.2) is 66.7 Å². The SMILES string of the molecule is Cc1ccc(N2CCOC(CN[C@H](C)c3cccc4ccccc34)C2)cc1.Cl. The van der Waals surface area contributed by atoms with Crippen molar-refractivity contribution in [3.05, 3.63) is 77.9 Å². The summed E-state index contributed by atoms with van der Waals surface area (Å²) in [6.45, 7) is 7.89. The standard InChI is InChI=1S/C24H28N2O.ClH/c1-18-10-12-21(13-11-18)26-14-15-27-22(17-26)16-25-19(2)23-9-5-7-20-6-3-4-8-24(20)23;/h3-13,19,22,25H,14-17H2,1-2H3;1H/t19-,22?;/m1./s1. The van der Waals surface area contributed by atoms with Gasteiger partial charge in [0.05, 0.1) is 12.7 Å². The molecule has 0 aromatic heterocycles. The number of hydrogen-bond acceptors (Lipinski definition) is 3. The second-order valence-electron chi connectivity index (χ2n) is 7.47. The summed E-state index contributed by atoms with van der Waals surface area (Å²) in [5, 5.41) is 6.31. The fraction of sp³-hybridized carbons (Fsp3) is 0.333. The molecule has 1 aliphatic rings. The highest BCUT2D eigenvalue weighted by molar-refractivity contribution is 5.86. The maximum Gasteiger partial charge on any atom is 0.0875 e. The van der Waals surface area contributed by atoms with E-state index < -0.39 is 0 Å². The minimum Gasteiger partial charge on any atom is -0.373 e. The molecule has 0 amide bonds. The van der Waals surface area contributed by atoms with Crippen molar-refractivity contribution in [3.8, 4) is 0 Å². The van der Waals surface area contributed by atoms with E-state index in [9.17, 15) is 0 Å². The van der Waals surface area contributed by atoms with Gasteiger partial charge in [0.2, 0.25) is 0 Å². The third-order valence-electron chi connectivity index (χ3n) is 5.48. The fourth-order valence-corrected chi connectivity index (χ4v) is 3.88. The van der Waals surface area contributed by atoms with Crippen LogP contribution < -0.4 is 10.2 Å². The average molecular weight is 397 g/mol. The third-order valence-corrected chi connectivity index (χ3v) is 5.48. The predicted octanol–water partition coefficient (Wildman–Crippen LogP) is 5.13. The molecule has 28 heavy (non-hydrogen) atoms. The van der Waals surface area contributed by atoms with Gasteiger partial charge < -0.3 is 15.0 Å². The molecule has 4 heteroatoms. The van der Waals surface area contributed by atoms with Crippen LogP contribution in [0.2, 0.25) is 0 Å². The van der Waals surface area contributed by atoms with E-state index in [-0.39, 0.29) is 24.6 Å². The van der Waals surface area contributed by atoms with Crippen molar-refractivity contribution in [2.24, 2.45) is 0 Å². The molecule has 3 aromatic rings. The average Bonchev–Trinajstić information content (AvgIpc) is 2.72. The summed E-state index contributed by atoms with van der Waals surface area (Å²) in [6.07, 6.45) is 0.206. The van der Waals surface area contributed by atoms with E-state index in [0.29, 0.717) is 0 Å². The van der Waals surface area contributed by atoms with Crippen LogP contribution in [-0.4, -0.2) is 32.3 Å². The number of anilines is 1. The zero-order chi connectivity index (χ0) is 18.6. The monoisotopic (exact) mass is 396 g/mol. The smallest absolute Gasteiger partial charge is 0.0875 e. The number of ether oxygens (including phenoxy) is 1. The maximum absolute atomic E-state index is 6.02. The summed E-state index contributed by atoms with van der Waals surface area (Å²) < 4.78 is 6.02. The van der Waals surface area contributed by atoms with Gasteiger partial charge in [-0.2, -0.15) is 0 Å². The normalized spacial score (nSPS) is 17.9. The predicted molar refractivity (Wildman–Crippen MR) is 121 cm³/mol. The van der Waals surface area contributed by atoms with Crippen molar-refractivity contribution in [1.82, 2.24) is 5.32 Å². The fourth-order valence-electron chi connectivity index (χ4n) is 3.88. The number of benzene rings is 3. The van der Waals surface area contributed by atoms with E-state index in [1.807, 2.05) is 0 Å². The number of hydrogen-bond donors (Lipinski definition) is 1. The molecule has 0 bridgehead atoms. The molecule has 0 saturated carbocycles. The Kier molecular flexibility index (Phi) is 6.95. The zero-order valence-corrected chi connectivity index (χ0v) is 17.4. The highest BCUT2D eigenvalue weighted by atomic mass is 35.5. The number of rotatable bonds is 5. The molecule has 0 spiro atoms. The summed E-state index contributed by atoms with van der Waals surface area (Å²) in [6, 6.07) is 24.2. The Balaban J connectivity index is 0.00000225. The highest BCUT2D eigenvalue weighted by Gasteiger charge is 2.21. The second kappa shape index (κ2) is 9.42. The van der Waals surface area contributed by atoms with Gasteiger partial charge in [-0.25, -0.2) is 0 Å². The molecule has 0 radical (unpaired) electrons. The van der Waals surface area contributed by atoms with E-state index in [0.717, 1.165) is 26.2 Å². The first-order valence-corrected chi connectivity index (χ1v) is 9.85. The van der Waals surface area contributed by atoms with Crippen LogP contribution in [0.1, 0.15) is 24.1 Å². The van der Waals surface area contributed by atoms with Crippen LogP contribution in [0.4, 0.5) is 5.69 Å². The molecule has 1 heterocycles. The van der Waals surface area contributed by atoms with Gasteiger partial charge in [0, 0.05) is 31.4 Å². The molecular formula is C24H29ClN2O. The lowest BCUT2D eigenvalue weighted by Gasteiger charge is -2.35. The minimum absolute atomic E-state index is 0. The number of aryl methyl sites for hydroxylation is 1. The first kappa shape index (κ1) is 20.7. The van der Waals surface area contributed by atoms with Crippen LogP contribution in [-0.2, 0) is 4.74 Å². The minimum atomic E-state index is 0. The topological polar surface area (TPSA) is 24.5 Å². The van der Waals surface area contributed by atoms with E-state index in [4.69, 9.17) is 4.74 Å². The number of nitrogens with zero attached hydrogens (tertiary/aromatic N) is 1. The Morgan fingerprint density at radius 2 is 1.79 bits per heavy atom. The van der Waals surface area contributed by atoms with Crippen LogP contribution in [0.3, 0.4) is 0 Å². The number of halogens is 1. The molecule has 1 N–H and O–H groups in total. The maximum atomic E-state index is 6.02. The number of morpholine rings is 1. The summed E-state index contributed by atoms with van der Waals surface area (Å²) in [4.78, 5) is 2.43. The van der Waals surface area contributed by atoms with Crippen LogP contribution in [0.5, 0.6) is 0 Å². The molecular weight excluding hydrogens is 368 g/mol. The van der Waals surface area contributed by atoms with E-state index in [1.165, 1.54) is 27.6 Å². The molecule has 3 nitrogen and oxygen atoms in total. The van der Waals surface area contributed by atoms with Crippen LogP contribution in [0.25, 0.3) is 10.8 Å². The van der Waals surface area contributed by atoms with Crippen molar-refractivity contribution >= 4 is 28.9 Å². The molecule has 148 valence electrons. The molecule has 1 unspecified atom stereocenters. The lowest BCUT2D eigenvalue weighted by atomic mass is 9.99. The molecule has 3 aromatic carbocycles. The molecule has 0 aliphatic carbocycles. The molecule has 4 rings (SSSR count). The Bertz CT molecular complexity index is 891. The van der Waals surface area contributed by atoms with Gasteiger partial charge in [-0.3, -0.25) is 0 Å².